The van der Waals surface area contributed by atoms with Crippen LogP contribution in [0.25, 0.3) is 0 Å². The number of hydrogen-bond acceptors (Lipinski definition) is 3. The van der Waals surface area contributed by atoms with E-state index in [9.17, 15) is 0 Å². The highest BCUT2D eigenvalue weighted by Gasteiger charge is 1.99. The maximum Gasteiger partial charge on any atom is 0.113 e. The Morgan fingerprint density at radius 3 is 1.71 bits per heavy atom. The van der Waals surface area contributed by atoms with Crippen molar-refractivity contribution in [2.45, 2.75) is 46.2 Å². The van der Waals surface area contributed by atoms with Crippen LogP contribution >= 0.6 is 0 Å². The second-order valence-corrected chi connectivity index (χ2v) is 3.73. The minimum Gasteiger partial charge on any atom is -0.387 e. The van der Waals surface area contributed by atoms with Gasteiger partial charge in [0, 0.05) is 0 Å². The van der Waals surface area contributed by atoms with E-state index >= 15 is 0 Å². The molecule has 0 amide bonds. The van der Waals surface area contributed by atoms with E-state index in [4.69, 9.17) is 0 Å². The van der Waals surface area contributed by atoms with Gasteiger partial charge in [-0.3, -0.25) is 0 Å². The van der Waals surface area contributed by atoms with Crippen LogP contribution in [-0.2, 0) is 0 Å². The molecule has 0 aliphatic heterocycles. The summed E-state index contributed by atoms with van der Waals surface area (Å²) in [4.78, 5) is 0. The second kappa shape index (κ2) is 12.7. The molecule has 98 valence electrons. The number of allylic oxidation sites excluding steroid dienone is 3. The Hall–Kier alpha value is -1.38. The zero-order valence-corrected chi connectivity index (χ0v) is 11.4. The molecule has 0 bridgehead atoms. The van der Waals surface area contributed by atoms with Crippen LogP contribution in [0, 0.1) is 0 Å². The molecule has 0 aromatic rings. The maximum atomic E-state index is 3.32. The van der Waals surface area contributed by atoms with E-state index in [-0.39, 0.29) is 6.17 Å². The Bertz CT molecular complexity index is 216. The predicted octanol–water partition coefficient (Wildman–Crippen LogP) is 2.85. The smallest absolute Gasteiger partial charge is 0.113 e. The normalized spacial score (nSPS) is 13.6. The lowest BCUT2D eigenvalue weighted by Gasteiger charge is -2.17. The minimum atomic E-state index is 0.210. The molecule has 0 fully saturated rings. The summed E-state index contributed by atoms with van der Waals surface area (Å²) in [5.41, 5.74) is 0. The molecular formula is C14H27N3. The van der Waals surface area contributed by atoms with Crippen molar-refractivity contribution in [2.75, 3.05) is 6.54 Å². The summed E-state index contributed by atoms with van der Waals surface area (Å²) in [5.74, 6) is 0. The fourth-order valence-corrected chi connectivity index (χ4v) is 1.16. The van der Waals surface area contributed by atoms with Crippen molar-refractivity contribution in [2.24, 2.45) is 0 Å². The third kappa shape index (κ3) is 10.9. The van der Waals surface area contributed by atoms with E-state index < -0.39 is 0 Å². The lowest BCUT2D eigenvalue weighted by molar-refractivity contribution is 0.514. The summed E-state index contributed by atoms with van der Waals surface area (Å²) in [7, 11) is 0. The van der Waals surface area contributed by atoms with Gasteiger partial charge in [-0.25, -0.2) is 0 Å². The van der Waals surface area contributed by atoms with Gasteiger partial charge in [-0.2, -0.15) is 0 Å². The van der Waals surface area contributed by atoms with Crippen molar-refractivity contribution in [1.29, 1.82) is 0 Å². The standard InChI is InChI=1S/C14H27N3/c1-4-7-10-15-13-14(16-11-8-5-2)17-12-9-6-3/h7-12,14-17H,4-6,13H2,1-3H3. The van der Waals surface area contributed by atoms with Gasteiger partial charge in [0.2, 0.25) is 0 Å². The molecule has 17 heavy (non-hydrogen) atoms. The molecule has 0 saturated carbocycles. The van der Waals surface area contributed by atoms with Crippen molar-refractivity contribution in [3.8, 4) is 0 Å². The lowest BCUT2D eigenvalue weighted by Crippen LogP contribution is -2.43. The monoisotopic (exact) mass is 237 g/mol. The van der Waals surface area contributed by atoms with Crippen molar-refractivity contribution in [1.82, 2.24) is 16.0 Å². The van der Waals surface area contributed by atoms with Gasteiger partial charge in [0.1, 0.15) is 6.17 Å². The molecular weight excluding hydrogens is 210 g/mol. The Morgan fingerprint density at radius 2 is 1.24 bits per heavy atom. The number of rotatable bonds is 10. The summed E-state index contributed by atoms with van der Waals surface area (Å²) in [5, 5.41) is 9.90. The molecule has 0 atom stereocenters. The van der Waals surface area contributed by atoms with E-state index in [1.165, 1.54) is 0 Å². The molecule has 3 heteroatoms. The lowest BCUT2D eigenvalue weighted by atomic mass is 10.4. The highest BCUT2D eigenvalue weighted by Crippen LogP contribution is 1.84. The van der Waals surface area contributed by atoms with Crippen LogP contribution in [-0.4, -0.2) is 12.7 Å². The maximum absolute atomic E-state index is 3.32. The van der Waals surface area contributed by atoms with Crippen LogP contribution in [0.1, 0.15) is 40.0 Å². The second-order valence-electron chi connectivity index (χ2n) is 3.73. The summed E-state index contributed by atoms with van der Waals surface area (Å²) < 4.78 is 0. The Labute approximate surface area is 106 Å². The van der Waals surface area contributed by atoms with Gasteiger partial charge >= 0.3 is 0 Å². The zero-order valence-electron chi connectivity index (χ0n) is 11.4. The van der Waals surface area contributed by atoms with E-state index in [0.29, 0.717) is 0 Å². The SMILES string of the molecule is CCC=CNCC(NC=CCC)NC=CCC. The summed E-state index contributed by atoms with van der Waals surface area (Å²) in [6.45, 7) is 7.22. The van der Waals surface area contributed by atoms with Gasteiger partial charge in [0.05, 0.1) is 6.54 Å². The minimum absolute atomic E-state index is 0.210. The summed E-state index contributed by atoms with van der Waals surface area (Å²) in [6, 6.07) is 0. The van der Waals surface area contributed by atoms with Gasteiger partial charge in [-0.05, 0) is 37.9 Å². The molecule has 0 heterocycles. The van der Waals surface area contributed by atoms with Crippen molar-refractivity contribution in [3.05, 3.63) is 36.8 Å². The molecule has 0 radical (unpaired) electrons. The molecule has 3 nitrogen and oxygen atoms in total. The molecule has 0 aromatic carbocycles. The van der Waals surface area contributed by atoms with Gasteiger partial charge in [-0.15, -0.1) is 0 Å². The van der Waals surface area contributed by atoms with Crippen molar-refractivity contribution >= 4 is 0 Å². The van der Waals surface area contributed by atoms with E-state index in [1.54, 1.807) is 0 Å². The quantitative estimate of drug-likeness (QED) is 0.511. The first-order valence-corrected chi connectivity index (χ1v) is 6.55. The van der Waals surface area contributed by atoms with Crippen molar-refractivity contribution < 1.29 is 0 Å². The average molecular weight is 237 g/mol. The Kier molecular flexibility index (Phi) is 11.7. The summed E-state index contributed by atoms with van der Waals surface area (Å²) >= 11 is 0. The van der Waals surface area contributed by atoms with E-state index in [2.05, 4.69) is 54.9 Å². The van der Waals surface area contributed by atoms with Gasteiger partial charge in [-0.1, -0.05) is 39.0 Å². The van der Waals surface area contributed by atoms with E-state index in [0.717, 1.165) is 25.8 Å². The Balaban J connectivity index is 3.95. The first-order chi connectivity index (χ1) is 8.35. The van der Waals surface area contributed by atoms with Gasteiger partial charge in [0.25, 0.3) is 0 Å². The molecule has 0 aromatic heterocycles. The fourth-order valence-electron chi connectivity index (χ4n) is 1.16. The fraction of sp³-hybridized carbons (Fsp3) is 0.571. The molecule has 0 rings (SSSR count). The summed E-state index contributed by atoms with van der Waals surface area (Å²) in [6.07, 6.45) is 15.7. The van der Waals surface area contributed by atoms with Crippen LogP contribution in [0.4, 0.5) is 0 Å². The van der Waals surface area contributed by atoms with Crippen LogP contribution in [0.15, 0.2) is 36.8 Å². The molecule has 0 saturated heterocycles. The zero-order chi connectivity index (χ0) is 12.8. The number of hydrogen-bond donors (Lipinski definition) is 3. The van der Waals surface area contributed by atoms with Crippen LogP contribution in [0.5, 0.6) is 0 Å². The van der Waals surface area contributed by atoms with Crippen LogP contribution < -0.4 is 16.0 Å². The topological polar surface area (TPSA) is 36.1 Å². The molecule has 0 spiro atoms. The molecule has 0 unspecified atom stereocenters. The van der Waals surface area contributed by atoms with Crippen LogP contribution in [0.2, 0.25) is 0 Å². The third-order valence-corrected chi connectivity index (χ3v) is 2.10. The largest absolute Gasteiger partial charge is 0.387 e. The van der Waals surface area contributed by atoms with Gasteiger partial charge in [0.15, 0.2) is 0 Å². The number of nitrogens with one attached hydrogen (secondary N) is 3. The van der Waals surface area contributed by atoms with Crippen LogP contribution in [0.3, 0.4) is 0 Å². The van der Waals surface area contributed by atoms with Gasteiger partial charge < -0.3 is 16.0 Å². The molecule has 0 aliphatic rings. The first kappa shape index (κ1) is 15.6. The highest BCUT2D eigenvalue weighted by molar-refractivity contribution is 4.88. The average Bonchev–Trinajstić information content (AvgIpc) is 2.34. The van der Waals surface area contributed by atoms with Crippen molar-refractivity contribution in [3.63, 3.8) is 0 Å². The third-order valence-electron chi connectivity index (χ3n) is 2.10. The highest BCUT2D eigenvalue weighted by atomic mass is 15.1. The molecule has 3 N–H and O–H groups in total. The Morgan fingerprint density at radius 1 is 0.765 bits per heavy atom. The van der Waals surface area contributed by atoms with E-state index in [1.807, 2.05) is 18.6 Å². The first-order valence-electron chi connectivity index (χ1n) is 6.55. The predicted molar refractivity (Wildman–Crippen MR) is 76.4 cm³/mol. The molecule has 0 aliphatic carbocycles.